The van der Waals surface area contributed by atoms with Crippen LogP contribution in [0.4, 0.5) is 5.00 Å². The van der Waals surface area contributed by atoms with Crippen molar-refractivity contribution in [1.29, 1.82) is 0 Å². The highest BCUT2D eigenvalue weighted by Crippen LogP contribution is 2.49. The number of carbonyl (C=O) groups excluding carboxylic acids is 2. The summed E-state index contributed by atoms with van der Waals surface area (Å²) in [5.41, 5.74) is 6.93. The van der Waals surface area contributed by atoms with Crippen LogP contribution in [-0.4, -0.2) is 22.9 Å². The summed E-state index contributed by atoms with van der Waals surface area (Å²) in [6, 6.07) is 0. The van der Waals surface area contributed by atoms with Gasteiger partial charge in [-0.05, 0) is 49.5 Å². The Bertz CT molecular complexity index is 797. The lowest BCUT2D eigenvalue weighted by Gasteiger charge is -2.23. The van der Waals surface area contributed by atoms with Gasteiger partial charge in [0.2, 0.25) is 5.91 Å². The second kappa shape index (κ2) is 5.98. The molecule has 4 N–H and O–H groups in total. The predicted molar refractivity (Wildman–Crippen MR) is 93.5 cm³/mol. The van der Waals surface area contributed by atoms with Gasteiger partial charge in [-0.1, -0.05) is 12.2 Å². The van der Waals surface area contributed by atoms with Gasteiger partial charge in [0.1, 0.15) is 5.00 Å². The number of carboxylic acid groups (broad SMARTS) is 1. The third kappa shape index (κ3) is 2.57. The van der Waals surface area contributed by atoms with Gasteiger partial charge in [-0.3, -0.25) is 14.4 Å². The van der Waals surface area contributed by atoms with Gasteiger partial charge in [-0.15, -0.1) is 11.3 Å². The number of allylic oxidation sites excluding steroid dienone is 2. The Morgan fingerprint density at radius 2 is 1.80 bits per heavy atom. The fourth-order valence-electron chi connectivity index (χ4n) is 4.63. The lowest BCUT2D eigenvalue weighted by molar-refractivity contribution is -0.146. The highest BCUT2D eigenvalue weighted by molar-refractivity contribution is 7.17. The average molecular weight is 360 g/mol. The van der Waals surface area contributed by atoms with Crippen molar-refractivity contribution in [2.45, 2.75) is 32.1 Å². The molecule has 25 heavy (non-hydrogen) atoms. The highest BCUT2D eigenvalue weighted by atomic mass is 32.1. The van der Waals surface area contributed by atoms with Crippen molar-refractivity contribution in [2.75, 3.05) is 5.32 Å². The molecule has 1 fully saturated rings. The lowest BCUT2D eigenvalue weighted by atomic mass is 9.82. The van der Waals surface area contributed by atoms with Crippen molar-refractivity contribution < 1.29 is 19.5 Å². The van der Waals surface area contributed by atoms with Crippen molar-refractivity contribution in [1.82, 2.24) is 0 Å². The van der Waals surface area contributed by atoms with E-state index in [1.807, 2.05) is 12.2 Å². The van der Waals surface area contributed by atoms with E-state index in [0.717, 1.165) is 36.1 Å². The van der Waals surface area contributed by atoms with E-state index in [1.165, 1.54) is 11.3 Å². The molecular formula is C18H20N2O4S. The average Bonchev–Trinajstić information content (AvgIpc) is 3.25. The van der Waals surface area contributed by atoms with Gasteiger partial charge in [-0.2, -0.15) is 0 Å². The van der Waals surface area contributed by atoms with E-state index in [1.54, 1.807) is 0 Å². The summed E-state index contributed by atoms with van der Waals surface area (Å²) in [4.78, 5) is 37.5. The van der Waals surface area contributed by atoms with Crippen LogP contribution in [-0.2, 0) is 22.4 Å². The van der Waals surface area contributed by atoms with Crippen LogP contribution in [0.15, 0.2) is 12.2 Å². The number of anilines is 1. The molecule has 4 rings (SSSR count). The van der Waals surface area contributed by atoms with E-state index in [2.05, 4.69) is 5.32 Å². The van der Waals surface area contributed by atoms with Gasteiger partial charge in [0.05, 0.1) is 17.4 Å². The number of carboxylic acids is 1. The third-order valence-electron chi connectivity index (χ3n) is 5.70. The van der Waals surface area contributed by atoms with E-state index in [9.17, 15) is 19.5 Å². The van der Waals surface area contributed by atoms with E-state index < -0.39 is 23.7 Å². The Balaban J connectivity index is 1.63. The van der Waals surface area contributed by atoms with Crippen LogP contribution in [0, 0.1) is 23.7 Å². The zero-order valence-corrected chi connectivity index (χ0v) is 14.5. The number of primary amides is 1. The van der Waals surface area contributed by atoms with Crippen LogP contribution in [0.5, 0.6) is 0 Å². The van der Waals surface area contributed by atoms with Crippen LogP contribution >= 0.6 is 11.3 Å². The third-order valence-corrected chi connectivity index (χ3v) is 6.91. The molecular weight excluding hydrogens is 340 g/mol. The van der Waals surface area contributed by atoms with Crippen molar-refractivity contribution in [3.05, 3.63) is 28.2 Å². The Kier molecular flexibility index (Phi) is 3.91. The number of fused-ring (bicyclic) bond motifs is 3. The summed E-state index contributed by atoms with van der Waals surface area (Å²) >= 11 is 1.41. The molecule has 2 amide bonds. The van der Waals surface area contributed by atoms with Crippen LogP contribution in [0.2, 0.25) is 0 Å². The molecule has 0 saturated heterocycles. The van der Waals surface area contributed by atoms with Gasteiger partial charge in [0.25, 0.3) is 5.91 Å². The van der Waals surface area contributed by atoms with Crippen molar-refractivity contribution in [3.63, 3.8) is 0 Å². The maximum atomic E-state index is 12.9. The Hall–Kier alpha value is -2.15. The number of aryl methyl sites for hydroxylation is 1. The number of rotatable bonds is 4. The van der Waals surface area contributed by atoms with Gasteiger partial charge in [-0.25, -0.2) is 0 Å². The summed E-state index contributed by atoms with van der Waals surface area (Å²) in [6.07, 6.45) is 8.33. The van der Waals surface area contributed by atoms with Crippen LogP contribution < -0.4 is 11.1 Å². The Labute approximate surface area is 149 Å². The molecule has 1 heterocycles. The summed E-state index contributed by atoms with van der Waals surface area (Å²) in [5, 5.41) is 12.8. The molecule has 3 aliphatic carbocycles. The number of nitrogens with one attached hydrogen (secondary N) is 1. The van der Waals surface area contributed by atoms with Crippen LogP contribution in [0.1, 0.15) is 40.1 Å². The first-order valence-corrected chi connectivity index (χ1v) is 9.45. The molecule has 132 valence electrons. The van der Waals surface area contributed by atoms with Crippen LogP contribution in [0.25, 0.3) is 0 Å². The molecule has 0 radical (unpaired) electrons. The molecule has 1 aromatic rings. The highest BCUT2D eigenvalue weighted by Gasteiger charge is 2.51. The second-order valence-electron chi connectivity index (χ2n) is 7.11. The molecule has 3 aliphatic rings. The van der Waals surface area contributed by atoms with Gasteiger partial charge < -0.3 is 16.2 Å². The number of amides is 2. The number of carbonyl (C=O) groups is 3. The van der Waals surface area contributed by atoms with E-state index >= 15 is 0 Å². The summed E-state index contributed by atoms with van der Waals surface area (Å²) in [7, 11) is 0. The molecule has 0 unspecified atom stereocenters. The zero-order valence-electron chi connectivity index (χ0n) is 13.7. The summed E-state index contributed by atoms with van der Waals surface area (Å²) in [5.74, 6) is -3.18. The fourth-order valence-corrected chi connectivity index (χ4v) is 5.92. The first-order valence-electron chi connectivity index (χ1n) is 8.63. The Morgan fingerprint density at radius 3 is 2.48 bits per heavy atom. The predicted octanol–water partition coefficient (Wildman–Crippen LogP) is 2.19. The molecule has 6 nitrogen and oxygen atoms in total. The van der Waals surface area contributed by atoms with E-state index in [0.29, 0.717) is 17.0 Å². The molecule has 0 aromatic carbocycles. The zero-order chi connectivity index (χ0) is 17.7. The SMILES string of the molecule is NC(=O)c1c(NC(=O)[C@H]2[C@@H](C(=O)O)[C@H]3C=C[C@H]2C3)sc2c1CCCC2. The molecule has 7 heteroatoms. The number of hydrogen-bond donors (Lipinski definition) is 3. The minimum atomic E-state index is -0.933. The standard InChI is InChI=1S/C18H20N2O4S/c19-15(21)14-10-3-1-2-4-11(10)25-17(14)20-16(22)12-8-5-6-9(7-8)13(12)18(23)24/h5-6,8-9,12-13H,1-4,7H2,(H2,19,21)(H,20,22)(H,23,24)/t8-,9-,12+,13-/m0/s1. The Morgan fingerprint density at radius 1 is 1.12 bits per heavy atom. The minimum Gasteiger partial charge on any atom is -0.481 e. The molecule has 1 saturated carbocycles. The number of aliphatic carboxylic acids is 1. The van der Waals surface area contributed by atoms with Crippen molar-refractivity contribution in [3.8, 4) is 0 Å². The van der Waals surface area contributed by atoms with Gasteiger partial charge >= 0.3 is 5.97 Å². The monoisotopic (exact) mass is 360 g/mol. The molecule has 0 spiro atoms. The first-order chi connectivity index (χ1) is 12.0. The topological polar surface area (TPSA) is 109 Å². The maximum absolute atomic E-state index is 12.9. The first kappa shape index (κ1) is 16.3. The van der Waals surface area contributed by atoms with Crippen molar-refractivity contribution in [2.24, 2.45) is 29.4 Å². The number of hydrogen-bond acceptors (Lipinski definition) is 4. The van der Waals surface area contributed by atoms with Gasteiger partial charge in [0.15, 0.2) is 0 Å². The van der Waals surface area contributed by atoms with E-state index in [-0.39, 0.29) is 17.7 Å². The molecule has 4 atom stereocenters. The minimum absolute atomic E-state index is 0.0438. The van der Waals surface area contributed by atoms with Gasteiger partial charge in [0, 0.05) is 4.88 Å². The van der Waals surface area contributed by atoms with Crippen LogP contribution in [0.3, 0.4) is 0 Å². The number of thiophene rings is 1. The molecule has 1 aromatic heterocycles. The molecule has 2 bridgehead atoms. The largest absolute Gasteiger partial charge is 0.481 e. The quantitative estimate of drug-likeness (QED) is 0.715. The van der Waals surface area contributed by atoms with Crippen molar-refractivity contribution >= 4 is 34.1 Å². The lowest BCUT2D eigenvalue weighted by Crippen LogP contribution is -2.36. The second-order valence-corrected chi connectivity index (χ2v) is 8.21. The molecule has 0 aliphatic heterocycles. The normalized spacial score (nSPS) is 29.4. The fraction of sp³-hybridized carbons (Fsp3) is 0.500. The summed E-state index contributed by atoms with van der Waals surface area (Å²) < 4.78 is 0. The van der Waals surface area contributed by atoms with E-state index in [4.69, 9.17) is 5.73 Å². The maximum Gasteiger partial charge on any atom is 0.307 e. The number of nitrogens with two attached hydrogens (primary N) is 1. The smallest absolute Gasteiger partial charge is 0.307 e. The summed E-state index contributed by atoms with van der Waals surface area (Å²) in [6.45, 7) is 0.